The summed E-state index contributed by atoms with van der Waals surface area (Å²) in [6, 6.07) is 4.81. The Morgan fingerprint density at radius 2 is 2.04 bits per heavy atom. The highest BCUT2D eigenvalue weighted by molar-refractivity contribution is 7.92. The van der Waals surface area contributed by atoms with E-state index in [9.17, 15) is 13.2 Å². The predicted molar refractivity (Wildman–Crippen MR) is 97.3 cm³/mol. The van der Waals surface area contributed by atoms with Crippen LogP contribution in [0.15, 0.2) is 18.2 Å². The smallest absolute Gasteiger partial charge is 0.253 e. The van der Waals surface area contributed by atoms with Crippen molar-refractivity contribution in [1.82, 2.24) is 4.90 Å². The van der Waals surface area contributed by atoms with Gasteiger partial charge in [0.25, 0.3) is 5.91 Å². The standard InChI is InChI=1S/C15H20ClN3O3S.ClH/c1-23(21,22)18-14-6-9(2-4-12(14)16)15(20)19-7-10-3-5-13(17)11(10)8-19;/h2,4,6,10-11,13,18H,3,5,7-8,17H2,1H3;1H. The number of carbonyl (C=O) groups is 1. The highest BCUT2D eigenvalue weighted by Crippen LogP contribution is 2.37. The van der Waals surface area contributed by atoms with Gasteiger partial charge >= 0.3 is 0 Å². The van der Waals surface area contributed by atoms with Crippen LogP contribution in [0.1, 0.15) is 23.2 Å². The Morgan fingerprint density at radius 3 is 2.67 bits per heavy atom. The van der Waals surface area contributed by atoms with Crippen molar-refractivity contribution < 1.29 is 13.2 Å². The molecule has 0 spiro atoms. The van der Waals surface area contributed by atoms with E-state index in [1.165, 1.54) is 12.1 Å². The summed E-state index contributed by atoms with van der Waals surface area (Å²) < 4.78 is 25.1. The molecule has 3 atom stereocenters. The van der Waals surface area contributed by atoms with E-state index in [1.807, 2.05) is 4.90 Å². The fraction of sp³-hybridized carbons (Fsp3) is 0.533. The Balaban J connectivity index is 0.00000208. The molecule has 1 amide bonds. The fourth-order valence-electron chi connectivity index (χ4n) is 3.59. The second-order valence-corrected chi connectivity index (χ2v) is 8.60. The van der Waals surface area contributed by atoms with E-state index in [4.69, 9.17) is 17.3 Å². The van der Waals surface area contributed by atoms with E-state index in [0.29, 0.717) is 30.5 Å². The van der Waals surface area contributed by atoms with Crippen LogP contribution in [0.5, 0.6) is 0 Å². The Labute approximate surface area is 153 Å². The number of halogens is 2. The van der Waals surface area contributed by atoms with Gasteiger partial charge in [0.1, 0.15) is 0 Å². The Hall–Kier alpha value is -1.02. The van der Waals surface area contributed by atoms with Crippen molar-refractivity contribution in [3.05, 3.63) is 28.8 Å². The van der Waals surface area contributed by atoms with Crippen LogP contribution >= 0.6 is 24.0 Å². The lowest BCUT2D eigenvalue weighted by Gasteiger charge is -2.19. The molecular weight excluding hydrogens is 373 g/mol. The average Bonchev–Trinajstić information content (AvgIpc) is 3.02. The van der Waals surface area contributed by atoms with Gasteiger partial charge in [-0.3, -0.25) is 9.52 Å². The van der Waals surface area contributed by atoms with Gasteiger partial charge in [-0.1, -0.05) is 11.6 Å². The molecule has 3 N–H and O–H groups in total. The van der Waals surface area contributed by atoms with Gasteiger partial charge in [-0.25, -0.2) is 8.42 Å². The number of hydrogen-bond donors (Lipinski definition) is 2. The number of nitrogens with two attached hydrogens (primary N) is 1. The van der Waals surface area contributed by atoms with Gasteiger partial charge in [-0.2, -0.15) is 0 Å². The van der Waals surface area contributed by atoms with Crippen molar-refractivity contribution in [3.8, 4) is 0 Å². The van der Waals surface area contributed by atoms with Crippen LogP contribution in [0.4, 0.5) is 5.69 Å². The second-order valence-electron chi connectivity index (χ2n) is 6.44. The zero-order chi connectivity index (χ0) is 16.8. The first-order chi connectivity index (χ1) is 10.7. The number of rotatable bonds is 3. The molecule has 134 valence electrons. The lowest BCUT2D eigenvalue weighted by molar-refractivity contribution is 0.0779. The molecule has 0 radical (unpaired) electrons. The number of nitrogens with one attached hydrogen (secondary N) is 1. The van der Waals surface area contributed by atoms with Gasteiger partial charge in [0.15, 0.2) is 0 Å². The molecular formula is C15H21Cl2N3O3S. The second kappa shape index (κ2) is 7.07. The number of likely N-dealkylation sites (tertiary alicyclic amines) is 1. The molecule has 24 heavy (non-hydrogen) atoms. The van der Waals surface area contributed by atoms with E-state index in [0.717, 1.165) is 19.1 Å². The van der Waals surface area contributed by atoms with Gasteiger partial charge < -0.3 is 10.6 Å². The minimum absolute atomic E-state index is 0. The molecule has 1 aromatic rings. The molecule has 1 aliphatic carbocycles. The number of carbonyl (C=O) groups excluding carboxylic acids is 1. The van der Waals surface area contributed by atoms with Crippen molar-refractivity contribution in [1.29, 1.82) is 0 Å². The summed E-state index contributed by atoms with van der Waals surface area (Å²) in [5.74, 6) is 0.745. The van der Waals surface area contributed by atoms with Crippen molar-refractivity contribution in [3.63, 3.8) is 0 Å². The summed E-state index contributed by atoms with van der Waals surface area (Å²) in [5.41, 5.74) is 6.75. The molecule has 1 saturated heterocycles. The largest absolute Gasteiger partial charge is 0.338 e. The van der Waals surface area contributed by atoms with Crippen LogP contribution < -0.4 is 10.5 Å². The molecule has 3 rings (SSSR count). The Morgan fingerprint density at radius 1 is 1.33 bits per heavy atom. The predicted octanol–water partition coefficient (Wildman–Crippen LogP) is 1.94. The minimum Gasteiger partial charge on any atom is -0.338 e. The topological polar surface area (TPSA) is 92.5 Å². The summed E-state index contributed by atoms with van der Waals surface area (Å²) in [5, 5.41) is 0.257. The number of fused-ring (bicyclic) bond motifs is 1. The van der Waals surface area contributed by atoms with Crippen LogP contribution in [0.2, 0.25) is 5.02 Å². The van der Waals surface area contributed by atoms with E-state index in [-0.39, 0.29) is 35.1 Å². The number of anilines is 1. The Bertz CT molecular complexity index is 741. The van der Waals surface area contributed by atoms with Crippen LogP contribution in [0, 0.1) is 11.8 Å². The summed E-state index contributed by atoms with van der Waals surface area (Å²) in [4.78, 5) is 14.5. The number of nitrogens with zero attached hydrogens (tertiary/aromatic N) is 1. The quantitative estimate of drug-likeness (QED) is 0.820. The zero-order valence-corrected chi connectivity index (χ0v) is 15.6. The van der Waals surface area contributed by atoms with Gasteiger partial charge in [-0.05, 0) is 42.9 Å². The molecule has 1 heterocycles. The first-order valence-electron chi connectivity index (χ1n) is 7.57. The van der Waals surface area contributed by atoms with Crippen molar-refractivity contribution in [2.45, 2.75) is 18.9 Å². The fourth-order valence-corrected chi connectivity index (χ4v) is 4.38. The molecule has 2 fully saturated rings. The summed E-state index contributed by atoms with van der Waals surface area (Å²) in [6.07, 6.45) is 3.14. The van der Waals surface area contributed by atoms with Gasteiger partial charge in [-0.15, -0.1) is 12.4 Å². The van der Waals surface area contributed by atoms with Crippen LogP contribution in [0.3, 0.4) is 0 Å². The summed E-state index contributed by atoms with van der Waals surface area (Å²) >= 11 is 6.00. The molecule has 9 heteroatoms. The third kappa shape index (κ3) is 3.96. The summed E-state index contributed by atoms with van der Waals surface area (Å²) in [7, 11) is -3.46. The molecule has 6 nitrogen and oxygen atoms in total. The lowest BCUT2D eigenvalue weighted by Crippen LogP contribution is -2.33. The average molecular weight is 394 g/mol. The Kier molecular flexibility index (Phi) is 5.69. The summed E-state index contributed by atoms with van der Waals surface area (Å²) in [6.45, 7) is 1.39. The maximum atomic E-state index is 12.7. The van der Waals surface area contributed by atoms with Gasteiger partial charge in [0.05, 0.1) is 17.0 Å². The molecule has 0 aromatic heterocycles. The van der Waals surface area contributed by atoms with Gasteiger partial charge in [0, 0.05) is 24.7 Å². The lowest BCUT2D eigenvalue weighted by atomic mass is 9.98. The van der Waals surface area contributed by atoms with E-state index < -0.39 is 10.0 Å². The number of amides is 1. The van der Waals surface area contributed by atoms with E-state index >= 15 is 0 Å². The minimum atomic E-state index is -3.46. The normalized spacial score (nSPS) is 26.0. The zero-order valence-electron chi connectivity index (χ0n) is 13.2. The van der Waals surface area contributed by atoms with Crippen LogP contribution in [-0.4, -0.2) is 44.6 Å². The first kappa shape index (κ1) is 19.3. The third-order valence-electron chi connectivity index (χ3n) is 4.71. The maximum Gasteiger partial charge on any atom is 0.253 e. The van der Waals surface area contributed by atoms with E-state index in [1.54, 1.807) is 6.07 Å². The molecule has 1 aromatic carbocycles. The molecule has 1 aliphatic heterocycles. The number of hydrogen-bond acceptors (Lipinski definition) is 4. The van der Waals surface area contributed by atoms with Crippen LogP contribution in [-0.2, 0) is 10.0 Å². The molecule has 3 unspecified atom stereocenters. The van der Waals surface area contributed by atoms with Gasteiger partial charge in [0.2, 0.25) is 10.0 Å². The maximum absolute atomic E-state index is 12.7. The highest BCUT2D eigenvalue weighted by Gasteiger charge is 2.42. The molecule has 2 aliphatic rings. The number of benzene rings is 1. The first-order valence-corrected chi connectivity index (χ1v) is 9.84. The van der Waals surface area contributed by atoms with Crippen LogP contribution in [0.25, 0.3) is 0 Å². The van der Waals surface area contributed by atoms with Crippen molar-refractivity contribution >= 4 is 45.6 Å². The highest BCUT2D eigenvalue weighted by atomic mass is 35.5. The third-order valence-corrected chi connectivity index (χ3v) is 5.63. The molecule has 1 saturated carbocycles. The monoisotopic (exact) mass is 393 g/mol. The van der Waals surface area contributed by atoms with Crippen molar-refractivity contribution in [2.75, 3.05) is 24.1 Å². The SMILES string of the molecule is CS(=O)(=O)Nc1cc(C(=O)N2CC3CCC(N)C3C2)ccc1Cl.Cl. The van der Waals surface area contributed by atoms with E-state index in [2.05, 4.69) is 4.72 Å². The van der Waals surface area contributed by atoms with Crippen molar-refractivity contribution in [2.24, 2.45) is 17.6 Å². The molecule has 0 bridgehead atoms. The number of sulfonamides is 1.